The number of benzene rings is 2. The molecule has 0 unspecified atom stereocenters. The Labute approximate surface area is 125 Å². The fraction of sp³-hybridized carbons (Fsp3) is 0.294. The summed E-state index contributed by atoms with van der Waals surface area (Å²) in [5, 5.41) is 12.5. The Kier molecular flexibility index (Phi) is 5.65. The molecular formula is C17H22NOS+. The number of thioether (sulfide) groups is 1. The molecule has 2 aromatic rings. The zero-order valence-corrected chi connectivity index (χ0v) is 12.8. The van der Waals surface area contributed by atoms with Gasteiger partial charge in [0.2, 0.25) is 0 Å². The van der Waals surface area contributed by atoms with Crippen molar-refractivity contribution in [3.8, 4) is 0 Å². The third-order valence-corrected chi connectivity index (χ3v) is 4.27. The molecule has 0 aliphatic heterocycles. The van der Waals surface area contributed by atoms with E-state index in [9.17, 15) is 5.11 Å². The minimum atomic E-state index is -0.429. The highest BCUT2D eigenvalue weighted by molar-refractivity contribution is 7.98. The quantitative estimate of drug-likeness (QED) is 0.802. The normalized spacial score (nSPS) is 13.9. The van der Waals surface area contributed by atoms with Crippen LogP contribution in [0.2, 0.25) is 0 Å². The molecule has 2 rings (SSSR count). The Bertz CT molecular complexity index is 512. The minimum Gasteiger partial charge on any atom is -0.382 e. The zero-order chi connectivity index (χ0) is 14.4. The van der Waals surface area contributed by atoms with Crippen molar-refractivity contribution < 1.29 is 10.4 Å². The highest BCUT2D eigenvalue weighted by Gasteiger charge is 2.18. The number of quaternary nitrogens is 1. The van der Waals surface area contributed by atoms with Crippen LogP contribution in [0.25, 0.3) is 0 Å². The second-order valence-electron chi connectivity index (χ2n) is 5.00. The van der Waals surface area contributed by atoms with Gasteiger partial charge in [0.25, 0.3) is 0 Å². The summed E-state index contributed by atoms with van der Waals surface area (Å²) in [7, 11) is 0. The molecule has 0 aliphatic rings. The standard InChI is InChI=1S/C17H21NOS/c1-13(17(19)15-6-4-3-5-7-15)18-12-14-8-10-16(20-2)11-9-14/h3-11,13,17-19H,12H2,1-2H3/p+1/t13-,17-/m0/s1. The molecule has 3 N–H and O–H groups in total. The molecule has 20 heavy (non-hydrogen) atoms. The summed E-state index contributed by atoms with van der Waals surface area (Å²) in [6, 6.07) is 18.6. The number of nitrogens with two attached hydrogens (primary N) is 1. The first kappa shape index (κ1) is 15.1. The van der Waals surface area contributed by atoms with Crippen LogP contribution in [0.5, 0.6) is 0 Å². The van der Waals surface area contributed by atoms with Gasteiger partial charge in [-0.15, -0.1) is 11.8 Å². The minimum absolute atomic E-state index is 0.137. The first-order chi connectivity index (χ1) is 9.70. The third kappa shape index (κ3) is 4.10. The van der Waals surface area contributed by atoms with E-state index in [4.69, 9.17) is 0 Å². The number of rotatable bonds is 6. The van der Waals surface area contributed by atoms with Crippen LogP contribution in [0.1, 0.15) is 24.2 Å². The number of aliphatic hydroxyl groups is 1. The Morgan fingerprint density at radius 3 is 2.30 bits per heavy atom. The molecule has 0 spiro atoms. The van der Waals surface area contributed by atoms with Gasteiger partial charge in [0.05, 0.1) is 0 Å². The van der Waals surface area contributed by atoms with Crippen LogP contribution in [0, 0.1) is 0 Å². The smallest absolute Gasteiger partial charge is 0.130 e. The molecule has 2 atom stereocenters. The van der Waals surface area contributed by atoms with Crippen LogP contribution in [0.4, 0.5) is 0 Å². The molecule has 0 bridgehead atoms. The molecule has 0 aromatic heterocycles. The molecule has 2 aromatic carbocycles. The lowest BCUT2D eigenvalue weighted by Gasteiger charge is -2.17. The fourth-order valence-corrected chi connectivity index (χ4v) is 2.57. The Hall–Kier alpha value is -1.29. The summed E-state index contributed by atoms with van der Waals surface area (Å²) in [5.74, 6) is 0. The van der Waals surface area contributed by atoms with E-state index in [-0.39, 0.29) is 6.04 Å². The molecule has 0 heterocycles. The maximum absolute atomic E-state index is 10.3. The van der Waals surface area contributed by atoms with Gasteiger partial charge in [-0.1, -0.05) is 42.5 Å². The molecule has 0 saturated heterocycles. The van der Waals surface area contributed by atoms with E-state index in [0.29, 0.717) is 0 Å². The number of hydrogen-bond acceptors (Lipinski definition) is 2. The van der Waals surface area contributed by atoms with Crippen molar-refractivity contribution in [2.75, 3.05) is 6.26 Å². The van der Waals surface area contributed by atoms with Gasteiger partial charge >= 0.3 is 0 Å². The van der Waals surface area contributed by atoms with Gasteiger partial charge in [-0.25, -0.2) is 0 Å². The first-order valence-electron chi connectivity index (χ1n) is 6.90. The summed E-state index contributed by atoms with van der Waals surface area (Å²) in [4.78, 5) is 1.28. The Morgan fingerprint density at radius 2 is 1.70 bits per heavy atom. The van der Waals surface area contributed by atoms with Gasteiger partial charge in [0.15, 0.2) is 0 Å². The van der Waals surface area contributed by atoms with E-state index in [1.807, 2.05) is 30.3 Å². The van der Waals surface area contributed by atoms with E-state index in [0.717, 1.165) is 12.1 Å². The second-order valence-corrected chi connectivity index (χ2v) is 5.88. The molecule has 3 heteroatoms. The van der Waals surface area contributed by atoms with Gasteiger partial charge in [-0.2, -0.15) is 0 Å². The summed E-state index contributed by atoms with van der Waals surface area (Å²) in [6.07, 6.45) is 1.65. The lowest BCUT2D eigenvalue weighted by Crippen LogP contribution is -2.88. The average Bonchev–Trinajstić information content (AvgIpc) is 2.53. The molecule has 0 saturated carbocycles. The van der Waals surface area contributed by atoms with Gasteiger partial charge in [0, 0.05) is 10.5 Å². The van der Waals surface area contributed by atoms with Crippen LogP contribution >= 0.6 is 11.8 Å². The van der Waals surface area contributed by atoms with Crippen LogP contribution < -0.4 is 5.32 Å². The third-order valence-electron chi connectivity index (χ3n) is 3.52. The van der Waals surface area contributed by atoms with Crippen molar-refractivity contribution in [1.29, 1.82) is 0 Å². The van der Waals surface area contributed by atoms with E-state index < -0.39 is 6.10 Å². The zero-order valence-electron chi connectivity index (χ0n) is 12.0. The number of hydrogen-bond donors (Lipinski definition) is 2. The van der Waals surface area contributed by atoms with Gasteiger partial charge in [-0.3, -0.25) is 0 Å². The Morgan fingerprint density at radius 1 is 1.05 bits per heavy atom. The van der Waals surface area contributed by atoms with E-state index >= 15 is 0 Å². The van der Waals surface area contributed by atoms with Crippen LogP contribution in [-0.4, -0.2) is 17.4 Å². The topological polar surface area (TPSA) is 36.8 Å². The maximum atomic E-state index is 10.3. The van der Waals surface area contributed by atoms with Crippen molar-refractivity contribution in [3.63, 3.8) is 0 Å². The van der Waals surface area contributed by atoms with Crippen LogP contribution in [0.15, 0.2) is 59.5 Å². The first-order valence-corrected chi connectivity index (χ1v) is 8.12. The molecular weight excluding hydrogens is 266 g/mol. The number of aliphatic hydroxyl groups excluding tert-OH is 1. The summed E-state index contributed by atoms with van der Waals surface area (Å²) in [6.45, 7) is 2.95. The van der Waals surface area contributed by atoms with Crippen LogP contribution in [-0.2, 0) is 6.54 Å². The van der Waals surface area contributed by atoms with Crippen molar-refractivity contribution in [1.82, 2.24) is 0 Å². The van der Waals surface area contributed by atoms with E-state index in [1.54, 1.807) is 11.8 Å². The van der Waals surface area contributed by atoms with Gasteiger partial charge in [0.1, 0.15) is 18.7 Å². The monoisotopic (exact) mass is 288 g/mol. The van der Waals surface area contributed by atoms with Crippen molar-refractivity contribution >= 4 is 11.8 Å². The van der Waals surface area contributed by atoms with Gasteiger partial charge < -0.3 is 10.4 Å². The lowest BCUT2D eigenvalue weighted by molar-refractivity contribution is -0.709. The maximum Gasteiger partial charge on any atom is 0.130 e. The summed E-state index contributed by atoms with van der Waals surface area (Å²) in [5.41, 5.74) is 2.27. The predicted octanol–water partition coefficient (Wildman–Crippen LogP) is 2.59. The largest absolute Gasteiger partial charge is 0.382 e. The van der Waals surface area contributed by atoms with E-state index in [1.165, 1.54) is 10.5 Å². The second kappa shape index (κ2) is 7.48. The molecule has 2 nitrogen and oxygen atoms in total. The molecule has 0 fully saturated rings. The Balaban J connectivity index is 1.89. The average molecular weight is 288 g/mol. The summed E-state index contributed by atoms with van der Waals surface area (Å²) >= 11 is 1.75. The van der Waals surface area contributed by atoms with Crippen molar-refractivity contribution in [2.24, 2.45) is 0 Å². The van der Waals surface area contributed by atoms with E-state index in [2.05, 4.69) is 42.8 Å². The molecule has 0 aliphatic carbocycles. The van der Waals surface area contributed by atoms with Crippen LogP contribution in [0.3, 0.4) is 0 Å². The van der Waals surface area contributed by atoms with Crippen molar-refractivity contribution in [3.05, 3.63) is 65.7 Å². The fourth-order valence-electron chi connectivity index (χ4n) is 2.17. The predicted molar refractivity (Wildman–Crippen MR) is 84.7 cm³/mol. The SMILES string of the molecule is CSc1ccc(C[NH2+][C@@H](C)[C@H](O)c2ccccc2)cc1. The van der Waals surface area contributed by atoms with Crippen molar-refractivity contribution in [2.45, 2.75) is 30.5 Å². The molecule has 0 radical (unpaired) electrons. The highest BCUT2D eigenvalue weighted by atomic mass is 32.2. The highest BCUT2D eigenvalue weighted by Crippen LogP contribution is 2.15. The van der Waals surface area contributed by atoms with Gasteiger partial charge in [-0.05, 0) is 30.9 Å². The summed E-state index contributed by atoms with van der Waals surface area (Å²) < 4.78 is 0. The molecule has 0 amide bonds. The lowest BCUT2D eigenvalue weighted by atomic mass is 10.0. The molecule has 106 valence electrons.